The first-order valence-electron chi connectivity index (χ1n) is 6.88. The van der Waals surface area contributed by atoms with Gasteiger partial charge in [0.15, 0.2) is 0 Å². The third-order valence-corrected chi connectivity index (χ3v) is 3.99. The van der Waals surface area contributed by atoms with Crippen LogP contribution >= 0.6 is 0 Å². The van der Waals surface area contributed by atoms with Gasteiger partial charge < -0.3 is 15.8 Å². The second kappa shape index (κ2) is 5.70. The number of hydrogen-bond donors (Lipinski definition) is 3. The molecule has 0 spiro atoms. The molecule has 0 saturated heterocycles. The van der Waals surface area contributed by atoms with Crippen molar-refractivity contribution in [2.24, 2.45) is 5.41 Å². The van der Waals surface area contributed by atoms with Gasteiger partial charge in [0.1, 0.15) is 11.5 Å². The van der Waals surface area contributed by atoms with Gasteiger partial charge in [0.05, 0.1) is 0 Å². The standard InChI is InChI=1S/C13H22N4O3/c1-3-17-10(14)9(11(18)16-12(17)19)15-8-13(4-5-13)6-7-20-2/h15H,3-8,14H2,1-2H3,(H,16,18,19). The highest BCUT2D eigenvalue weighted by atomic mass is 16.5. The molecular weight excluding hydrogens is 260 g/mol. The van der Waals surface area contributed by atoms with Crippen LogP contribution in [0.1, 0.15) is 26.2 Å². The van der Waals surface area contributed by atoms with E-state index in [4.69, 9.17) is 10.5 Å². The zero-order valence-electron chi connectivity index (χ0n) is 12.0. The van der Waals surface area contributed by atoms with Crippen LogP contribution in [0.2, 0.25) is 0 Å². The van der Waals surface area contributed by atoms with Gasteiger partial charge in [-0.15, -0.1) is 0 Å². The number of methoxy groups -OCH3 is 1. The first kappa shape index (κ1) is 14.6. The molecule has 1 aromatic rings. The van der Waals surface area contributed by atoms with E-state index in [2.05, 4.69) is 10.3 Å². The van der Waals surface area contributed by atoms with Crippen LogP contribution in [-0.2, 0) is 11.3 Å². The number of nitrogen functional groups attached to an aromatic ring is 1. The van der Waals surface area contributed by atoms with Crippen LogP contribution in [0.5, 0.6) is 0 Å². The van der Waals surface area contributed by atoms with Crippen LogP contribution in [0.15, 0.2) is 9.59 Å². The first-order chi connectivity index (χ1) is 9.53. The quantitative estimate of drug-likeness (QED) is 0.670. The summed E-state index contributed by atoms with van der Waals surface area (Å²) in [7, 11) is 1.68. The van der Waals surface area contributed by atoms with Gasteiger partial charge in [-0.1, -0.05) is 0 Å². The number of H-pyrrole nitrogens is 1. The summed E-state index contributed by atoms with van der Waals surface area (Å²) in [5.41, 5.74) is 5.46. The summed E-state index contributed by atoms with van der Waals surface area (Å²) in [5, 5.41) is 3.11. The van der Waals surface area contributed by atoms with Crippen molar-refractivity contribution >= 4 is 11.5 Å². The van der Waals surface area contributed by atoms with E-state index < -0.39 is 11.2 Å². The maximum Gasteiger partial charge on any atom is 0.330 e. The van der Waals surface area contributed by atoms with E-state index in [1.807, 2.05) is 0 Å². The number of nitrogens with two attached hydrogens (primary N) is 1. The molecule has 0 amide bonds. The average molecular weight is 282 g/mol. The molecule has 0 aliphatic heterocycles. The van der Waals surface area contributed by atoms with Gasteiger partial charge in [0.25, 0.3) is 5.56 Å². The van der Waals surface area contributed by atoms with Crippen molar-refractivity contribution in [1.29, 1.82) is 0 Å². The van der Waals surface area contributed by atoms with E-state index >= 15 is 0 Å². The smallest absolute Gasteiger partial charge is 0.330 e. The number of nitrogens with zero attached hydrogens (tertiary/aromatic N) is 1. The molecule has 20 heavy (non-hydrogen) atoms. The minimum atomic E-state index is -0.471. The molecule has 7 heteroatoms. The topological polar surface area (TPSA) is 102 Å². The highest BCUT2D eigenvalue weighted by molar-refractivity contribution is 5.60. The molecule has 1 aliphatic rings. The molecule has 0 aromatic carbocycles. The highest BCUT2D eigenvalue weighted by Gasteiger charge is 2.42. The van der Waals surface area contributed by atoms with E-state index in [9.17, 15) is 9.59 Å². The van der Waals surface area contributed by atoms with Crippen molar-refractivity contribution in [2.45, 2.75) is 32.7 Å². The van der Waals surface area contributed by atoms with Crippen LogP contribution in [0.25, 0.3) is 0 Å². The molecule has 4 N–H and O–H groups in total. The average Bonchev–Trinajstić information content (AvgIpc) is 3.17. The Morgan fingerprint density at radius 2 is 2.15 bits per heavy atom. The van der Waals surface area contributed by atoms with E-state index in [1.54, 1.807) is 14.0 Å². The largest absolute Gasteiger partial charge is 0.385 e. The summed E-state index contributed by atoms with van der Waals surface area (Å²) in [6.07, 6.45) is 3.20. The third-order valence-electron chi connectivity index (χ3n) is 3.99. The lowest BCUT2D eigenvalue weighted by Crippen LogP contribution is -2.34. The minimum absolute atomic E-state index is 0.196. The first-order valence-corrected chi connectivity index (χ1v) is 6.88. The number of aromatic amines is 1. The molecule has 1 aromatic heterocycles. The Morgan fingerprint density at radius 3 is 2.70 bits per heavy atom. The molecule has 1 heterocycles. The van der Waals surface area contributed by atoms with Crippen LogP contribution in [0.3, 0.4) is 0 Å². The molecule has 1 saturated carbocycles. The SMILES string of the molecule is CCn1c(N)c(NCC2(CCOC)CC2)c(=O)[nH]c1=O. The fraction of sp³-hybridized carbons (Fsp3) is 0.692. The van der Waals surface area contributed by atoms with Gasteiger partial charge in [-0.2, -0.15) is 0 Å². The Balaban J connectivity index is 2.14. The van der Waals surface area contributed by atoms with Crippen molar-refractivity contribution in [2.75, 3.05) is 31.3 Å². The van der Waals surface area contributed by atoms with Crippen molar-refractivity contribution in [3.8, 4) is 0 Å². The van der Waals surface area contributed by atoms with Crippen molar-refractivity contribution in [1.82, 2.24) is 9.55 Å². The summed E-state index contributed by atoms with van der Waals surface area (Å²) in [5.74, 6) is 0.198. The fourth-order valence-corrected chi connectivity index (χ4v) is 2.36. The summed E-state index contributed by atoms with van der Waals surface area (Å²) in [6.45, 7) is 3.61. The van der Waals surface area contributed by atoms with Crippen molar-refractivity contribution < 1.29 is 4.74 Å². The number of anilines is 2. The second-order valence-corrected chi connectivity index (χ2v) is 5.36. The lowest BCUT2D eigenvalue weighted by atomic mass is 10.0. The van der Waals surface area contributed by atoms with Crippen molar-refractivity contribution in [3.63, 3.8) is 0 Å². The molecule has 2 rings (SSSR count). The van der Waals surface area contributed by atoms with Crippen LogP contribution in [0, 0.1) is 5.41 Å². The normalized spacial score (nSPS) is 16.1. The molecule has 1 fully saturated rings. The van der Waals surface area contributed by atoms with Gasteiger partial charge in [0, 0.05) is 26.8 Å². The summed E-state index contributed by atoms with van der Waals surface area (Å²) in [6, 6.07) is 0. The number of nitrogens with one attached hydrogen (secondary N) is 2. The predicted octanol–water partition coefficient (Wildman–Crippen LogP) is 0.367. The second-order valence-electron chi connectivity index (χ2n) is 5.36. The van der Waals surface area contributed by atoms with Crippen LogP contribution in [0.4, 0.5) is 11.5 Å². The van der Waals surface area contributed by atoms with E-state index in [-0.39, 0.29) is 16.9 Å². The number of hydrogen-bond acceptors (Lipinski definition) is 5. The van der Waals surface area contributed by atoms with Gasteiger partial charge in [-0.05, 0) is 31.6 Å². The van der Waals surface area contributed by atoms with E-state index in [0.717, 1.165) is 19.3 Å². The van der Waals surface area contributed by atoms with Crippen LogP contribution in [-0.4, -0.2) is 29.8 Å². The molecule has 0 bridgehead atoms. The number of ether oxygens (including phenoxy) is 1. The maximum atomic E-state index is 11.8. The lowest BCUT2D eigenvalue weighted by molar-refractivity contribution is 0.175. The fourth-order valence-electron chi connectivity index (χ4n) is 2.36. The highest BCUT2D eigenvalue weighted by Crippen LogP contribution is 2.48. The molecule has 112 valence electrons. The van der Waals surface area contributed by atoms with Crippen molar-refractivity contribution in [3.05, 3.63) is 20.8 Å². The Kier molecular flexibility index (Phi) is 4.17. The Labute approximate surface area is 117 Å². The predicted molar refractivity (Wildman–Crippen MR) is 78.1 cm³/mol. The Bertz CT molecular complexity index is 586. The summed E-state index contributed by atoms with van der Waals surface area (Å²) < 4.78 is 6.45. The zero-order valence-corrected chi connectivity index (χ0v) is 12.0. The number of aromatic nitrogens is 2. The molecule has 1 aliphatic carbocycles. The monoisotopic (exact) mass is 282 g/mol. The zero-order chi connectivity index (χ0) is 14.8. The van der Waals surface area contributed by atoms with Gasteiger partial charge in [-0.25, -0.2) is 4.79 Å². The molecular formula is C13H22N4O3. The summed E-state index contributed by atoms with van der Waals surface area (Å²) in [4.78, 5) is 25.7. The number of rotatable bonds is 7. The van der Waals surface area contributed by atoms with Crippen LogP contribution < -0.4 is 22.3 Å². The Hall–Kier alpha value is -1.76. The maximum absolute atomic E-state index is 11.8. The van der Waals surface area contributed by atoms with Gasteiger partial charge in [-0.3, -0.25) is 14.3 Å². The van der Waals surface area contributed by atoms with Gasteiger partial charge >= 0.3 is 5.69 Å². The molecule has 0 radical (unpaired) electrons. The molecule has 0 atom stereocenters. The van der Waals surface area contributed by atoms with E-state index in [1.165, 1.54) is 4.57 Å². The van der Waals surface area contributed by atoms with E-state index in [0.29, 0.717) is 19.7 Å². The minimum Gasteiger partial charge on any atom is -0.385 e. The summed E-state index contributed by atoms with van der Waals surface area (Å²) >= 11 is 0. The Morgan fingerprint density at radius 1 is 1.45 bits per heavy atom. The third kappa shape index (κ3) is 2.87. The van der Waals surface area contributed by atoms with Gasteiger partial charge in [0.2, 0.25) is 0 Å². The molecule has 7 nitrogen and oxygen atoms in total. The molecule has 0 unspecified atom stereocenters. The lowest BCUT2D eigenvalue weighted by Gasteiger charge is -2.18.